The summed E-state index contributed by atoms with van der Waals surface area (Å²) in [5.41, 5.74) is -0.443. The third kappa shape index (κ3) is 2.98. The van der Waals surface area contributed by atoms with Crippen LogP contribution in [0.2, 0.25) is 0 Å². The molecule has 0 aliphatic carbocycles. The maximum atomic E-state index is 10.7. The Morgan fingerprint density at radius 1 is 1.12 bits per heavy atom. The van der Waals surface area contributed by atoms with Gasteiger partial charge in [-0.05, 0) is 38.5 Å². The van der Waals surface area contributed by atoms with E-state index >= 15 is 0 Å². The molecule has 0 aromatic heterocycles. The zero-order valence-electron chi connectivity index (χ0n) is 10.3. The second-order valence-electron chi connectivity index (χ2n) is 5.65. The normalized spacial score (nSPS) is 42.9. The van der Waals surface area contributed by atoms with Crippen LogP contribution in [0.1, 0.15) is 44.9 Å². The van der Waals surface area contributed by atoms with Crippen LogP contribution in [-0.2, 0) is 9.47 Å². The van der Waals surface area contributed by atoms with Gasteiger partial charge in [-0.2, -0.15) is 11.8 Å². The minimum Gasteiger partial charge on any atom is -0.390 e. The van der Waals surface area contributed by atoms with E-state index in [1.807, 2.05) is 0 Å². The topological polar surface area (TPSA) is 38.7 Å². The Kier molecular flexibility index (Phi) is 3.67. The molecule has 98 valence electrons. The number of hydrogen-bond acceptors (Lipinski definition) is 4. The van der Waals surface area contributed by atoms with Crippen LogP contribution in [0.15, 0.2) is 0 Å². The summed E-state index contributed by atoms with van der Waals surface area (Å²) in [5, 5.41) is 12.1. The molecule has 0 aromatic carbocycles. The Morgan fingerprint density at radius 3 is 2.41 bits per heavy atom. The molecule has 2 atom stereocenters. The summed E-state index contributed by atoms with van der Waals surface area (Å²) in [7, 11) is 0. The monoisotopic (exact) mass is 258 g/mol. The molecular formula is C13H22O3S. The molecule has 3 saturated heterocycles. The summed E-state index contributed by atoms with van der Waals surface area (Å²) in [6.45, 7) is 1.62. The molecule has 3 rings (SSSR count). The molecular weight excluding hydrogens is 236 g/mol. The fourth-order valence-corrected chi connectivity index (χ4v) is 5.21. The van der Waals surface area contributed by atoms with Gasteiger partial charge in [0.1, 0.15) is 0 Å². The zero-order valence-corrected chi connectivity index (χ0v) is 11.1. The molecule has 2 bridgehead atoms. The molecule has 2 unspecified atom stereocenters. The van der Waals surface area contributed by atoms with Gasteiger partial charge in [0.05, 0.1) is 18.8 Å². The van der Waals surface area contributed by atoms with E-state index in [0.29, 0.717) is 10.5 Å². The van der Waals surface area contributed by atoms with Gasteiger partial charge in [0.2, 0.25) is 0 Å². The van der Waals surface area contributed by atoms with Crippen molar-refractivity contribution < 1.29 is 14.6 Å². The molecule has 4 heteroatoms. The van der Waals surface area contributed by atoms with Gasteiger partial charge in [0, 0.05) is 16.9 Å². The lowest BCUT2D eigenvalue weighted by atomic mass is 9.88. The first-order valence-electron chi connectivity index (χ1n) is 6.85. The standard InChI is InChI=1S/C13H22O3S/c14-13(5-4-12-15-6-1-7-16-12)8-10-2-3-11(9-13)17-10/h10-12,14H,1-9H2. The van der Waals surface area contributed by atoms with E-state index in [0.717, 1.165) is 45.3 Å². The quantitative estimate of drug-likeness (QED) is 0.843. The first kappa shape index (κ1) is 12.3. The maximum absolute atomic E-state index is 10.7. The van der Waals surface area contributed by atoms with E-state index in [2.05, 4.69) is 11.8 Å². The summed E-state index contributed by atoms with van der Waals surface area (Å²) >= 11 is 2.09. The minimum atomic E-state index is -0.443. The molecule has 0 saturated carbocycles. The van der Waals surface area contributed by atoms with Crippen LogP contribution in [-0.4, -0.2) is 40.7 Å². The summed E-state index contributed by atoms with van der Waals surface area (Å²) in [6, 6.07) is 0. The van der Waals surface area contributed by atoms with Crippen LogP contribution in [0, 0.1) is 0 Å². The average Bonchev–Trinajstić information content (AvgIpc) is 2.69. The van der Waals surface area contributed by atoms with Crippen molar-refractivity contribution in [3.8, 4) is 0 Å². The zero-order chi connectivity index (χ0) is 11.7. The van der Waals surface area contributed by atoms with Gasteiger partial charge in [0.25, 0.3) is 0 Å². The number of hydrogen-bond donors (Lipinski definition) is 1. The Bertz CT molecular complexity index is 253. The number of thioether (sulfide) groups is 1. The second-order valence-corrected chi connectivity index (χ2v) is 7.26. The van der Waals surface area contributed by atoms with E-state index < -0.39 is 5.60 Å². The number of fused-ring (bicyclic) bond motifs is 2. The lowest BCUT2D eigenvalue weighted by molar-refractivity contribution is -0.187. The van der Waals surface area contributed by atoms with Gasteiger partial charge in [-0.1, -0.05) is 0 Å². The Labute approximate surface area is 107 Å². The molecule has 3 nitrogen and oxygen atoms in total. The van der Waals surface area contributed by atoms with E-state index in [9.17, 15) is 5.11 Å². The number of ether oxygens (including phenoxy) is 2. The van der Waals surface area contributed by atoms with Gasteiger partial charge in [-0.25, -0.2) is 0 Å². The highest BCUT2D eigenvalue weighted by Gasteiger charge is 2.43. The van der Waals surface area contributed by atoms with Crippen molar-refractivity contribution >= 4 is 11.8 Å². The number of aliphatic hydroxyl groups is 1. The Balaban J connectivity index is 1.50. The summed E-state index contributed by atoms with van der Waals surface area (Å²) in [6.07, 6.45) is 7.16. The summed E-state index contributed by atoms with van der Waals surface area (Å²) in [5.74, 6) is 0. The first-order valence-corrected chi connectivity index (χ1v) is 7.79. The molecule has 17 heavy (non-hydrogen) atoms. The fraction of sp³-hybridized carbons (Fsp3) is 1.00. The van der Waals surface area contributed by atoms with Crippen molar-refractivity contribution in [2.45, 2.75) is 67.3 Å². The Morgan fingerprint density at radius 2 is 1.76 bits per heavy atom. The van der Waals surface area contributed by atoms with Crippen LogP contribution < -0.4 is 0 Å². The largest absolute Gasteiger partial charge is 0.390 e. The molecule has 0 spiro atoms. The smallest absolute Gasteiger partial charge is 0.157 e. The van der Waals surface area contributed by atoms with Gasteiger partial charge >= 0.3 is 0 Å². The molecule has 0 radical (unpaired) electrons. The number of rotatable bonds is 3. The fourth-order valence-electron chi connectivity index (χ4n) is 3.31. The van der Waals surface area contributed by atoms with Crippen molar-refractivity contribution in [2.24, 2.45) is 0 Å². The van der Waals surface area contributed by atoms with Gasteiger partial charge in [-0.3, -0.25) is 0 Å². The van der Waals surface area contributed by atoms with Crippen LogP contribution in [0.5, 0.6) is 0 Å². The van der Waals surface area contributed by atoms with Crippen LogP contribution in [0.4, 0.5) is 0 Å². The highest BCUT2D eigenvalue weighted by molar-refractivity contribution is 8.00. The molecule has 1 N–H and O–H groups in total. The second kappa shape index (κ2) is 5.08. The van der Waals surface area contributed by atoms with E-state index in [4.69, 9.17) is 9.47 Å². The summed E-state index contributed by atoms with van der Waals surface area (Å²) in [4.78, 5) is 0. The summed E-state index contributed by atoms with van der Waals surface area (Å²) < 4.78 is 11.1. The first-order chi connectivity index (χ1) is 8.23. The van der Waals surface area contributed by atoms with E-state index in [1.54, 1.807) is 0 Å². The molecule has 3 fully saturated rings. The lowest BCUT2D eigenvalue weighted by Crippen LogP contribution is -2.38. The van der Waals surface area contributed by atoms with Crippen LogP contribution in [0.25, 0.3) is 0 Å². The molecule has 3 heterocycles. The van der Waals surface area contributed by atoms with Crippen molar-refractivity contribution in [3.63, 3.8) is 0 Å². The third-order valence-electron chi connectivity index (χ3n) is 4.15. The van der Waals surface area contributed by atoms with Crippen molar-refractivity contribution in [1.29, 1.82) is 0 Å². The molecule has 3 aliphatic rings. The highest BCUT2D eigenvalue weighted by atomic mass is 32.2. The maximum Gasteiger partial charge on any atom is 0.157 e. The van der Waals surface area contributed by atoms with E-state index in [1.165, 1.54) is 12.8 Å². The predicted molar refractivity (Wildman–Crippen MR) is 68.1 cm³/mol. The van der Waals surface area contributed by atoms with Gasteiger partial charge in [0.15, 0.2) is 6.29 Å². The predicted octanol–water partition coefficient (Wildman–Crippen LogP) is 2.32. The van der Waals surface area contributed by atoms with Gasteiger partial charge < -0.3 is 14.6 Å². The van der Waals surface area contributed by atoms with Gasteiger partial charge in [-0.15, -0.1) is 0 Å². The molecule has 0 aromatic rings. The SMILES string of the molecule is OC1(CCC2OCCCO2)CC2CCC(C1)S2. The van der Waals surface area contributed by atoms with Crippen LogP contribution in [0.3, 0.4) is 0 Å². The Hall–Kier alpha value is 0.230. The van der Waals surface area contributed by atoms with Crippen molar-refractivity contribution in [2.75, 3.05) is 13.2 Å². The molecule has 3 aliphatic heterocycles. The molecule has 0 amide bonds. The minimum absolute atomic E-state index is 0.0694. The van der Waals surface area contributed by atoms with Crippen molar-refractivity contribution in [1.82, 2.24) is 0 Å². The third-order valence-corrected chi connectivity index (χ3v) is 5.73. The average molecular weight is 258 g/mol. The van der Waals surface area contributed by atoms with Crippen LogP contribution >= 0.6 is 11.8 Å². The van der Waals surface area contributed by atoms with E-state index in [-0.39, 0.29) is 6.29 Å². The highest BCUT2D eigenvalue weighted by Crippen LogP contribution is 2.49. The van der Waals surface area contributed by atoms with Crippen molar-refractivity contribution in [3.05, 3.63) is 0 Å². The lowest BCUT2D eigenvalue weighted by Gasteiger charge is -2.37.